The molecule has 2 aromatic heterocycles. The first kappa shape index (κ1) is 13.9. The Kier molecular flexibility index (Phi) is 3.11. The van der Waals surface area contributed by atoms with E-state index < -0.39 is 0 Å². The average molecular weight is 306 g/mol. The Morgan fingerprint density at radius 1 is 0.870 bits per heavy atom. The fourth-order valence-corrected chi connectivity index (χ4v) is 3.06. The summed E-state index contributed by atoms with van der Waals surface area (Å²) in [4.78, 5) is 2.29. The summed E-state index contributed by atoms with van der Waals surface area (Å²) in [5.74, 6) is 0. The van der Waals surface area contributed by atoms with E-state index in [0.29, 0.717) is 16.5 Å². The largest absolute Gasteiger partial charge is 0.453 e. The van der Waals surface area contributed by atoms with Gasteiger partial charge in [-0.2, -0.15) is 0 Å². The molecule has 4 aromatic rings. The summed E-state index contributed by atoms with van der Waals surface area (Å²) in [6.07, 6.45) is 0. The fourth-order valence-electron chi connectivity index (χ4n) is 3.06. The van der Waals surface area contributed by atoms with Crippen molar-refractivity contribution in [1.82, 2.24) is 0 Å². The number of rotatable bonds is 3. The molecular weight excluding hydrogens is 288 g/mol. The molecule has 116 valence electrons. The van der Waals surface area contributed by atoms with Gasteiger partial charge in [0.15, 0.2) is 11.2 Å². The number of furan rings is 1. The van der Waals surface area contributed by atoms with Gasteiger partial charge in [-0.25, -0.2) is 0 Å². The molecule has 4 heteroatoms. The SMILES string of the molecule is CCN(CC)c1ccc2cc3oc4cc(=N)ccc4c3oc2c1. The summed E-state index contributed by atoms with van der Waals surface area (Å²) in [6, 6.07) is 13.6. The standard InChI is InChI=1S/C19H18N2O2/c1-3-21(4-2)14-7-5-12-9-18-19(23-16(12)11-14)15-8-6-13(20)10-17(15)22-18/h5-11,20H,3-4H2,1-2H3. The normalized spacial score (nSPS) is 11.6. The van der Waals surface area contributed by atoms with Crippen LogP contribution in [0.25, 0.3) is 33.1 Å². The molecule has 0 saturated carbocycles. The van der Waals surface area contributed by atoms with Crippen molar-refractivity contribution in [3.05, 3.63) is 47.8 Å². The molecule has 0 bridgehead atoms. The predicted molar refractivity (Wildman–Crippen MR) is 92.9 cm³/mol. The van der Waals surface area contributed by atoms with Gasteiger partial charge in [0.1, 0.15) is 11.2 Å². The molecule has 0 radical (unpaired) electrons. The lowest BCUT2D eigenvalue weighted by atomic mass is 10.2. The zero-order chi connectivity index (χ0) is 16.0. The van der Waals surface area contributed by atoms with E-state index >= 15 is 0 Å². The molecule has 0 unspecified atom stereocenters. The summed E-state index contributed by atoms with van der Waals surface area (Å²) in [6.45, 7) is 6.22. The van der Waals surface area contributed by atoms with Crippen LogP contribution in [-0.2, 0) is 0 Å². The second-order valence-electron chi connectivity index (χ2n) is 5.65. The number of benzene rings is 2. The van der Waals surface area contributed by atoms with Gasteiger partial charge in [-0.05, 0) is 44.2 Å². The molecule has 4 rings (SSSR count). The predicted octanol–water partition coefficient (Wildman–Crippen LogP) is 4.66. The number of hydrogen-bond acceptors (Lipinski definition) is 4. The Hall–Kier alpha value is -2.75. The first-order valence-corrected chi connectivity index (χ1v) is 7.89. The minimum atomic E-state index is 0.435. The summed E-state index contributed by atoms with van der Waals surface area (Å²) < 4.78 is 12.0. The highest BCUT2D eigenvalue weighted by molar-refractivity contribution is 6.04. The summed E-state index contributed by atoms with van der Waals surface area (Å²) in [5.41, 5.74) is 4.15. The summed E-state index contributed by atoms with van der Waals surface area (Å²) >= 11 is 0. The van der Waals surface area contributed by atoms with Crippen LogP contribution in [0.2, 0.25) is 0 Å². The van der Waals surface area contributed by atoms with Crippen LogP contribution in [0.4, 0.5) is 5.69 Å². The lowest BCUT2D eigenvalue weighted by molar-refractivity contribution is 0.633. The van der Waals surface area contributed by atoms with Crippen molar-refractivity contribution in [2.75, 3.05) is 18.0 Å². The highest BCUT2D eigenvalue weighted by atomic mass is 16.4. The molecule has 23 heavy (non-hydrogen) atoms. The van der Waals surface area contributed by atoms with E-state index in [9.17, 15) is 0 Å². The number of hydrogen-bond donors (Lipinski definition) is 1. The second-order valence-corrected chi connectivity index (χ2v) is 5.65. The summed E-state index contributed by atoms with van der Waals surface area (Å²) in [5, 5.41) is 10.1. The number of anilines is 1. The smallest absolute Gasteiger partial charge is 0.180 e. The van der Waals surface area contributed by atoms with Crippen molar-refractivity contribution in [3.63, 3.8) is 0 Å². The van der Waals surface area contributed by atoms with Gasteiger partial charge in [-0.1, -0.05) is 0 Å². The molecule has 0 aliphatic carbocycles. The third kappa shape index (κ3) is 2.18. The molecule has 2 aromatic carbocycles. The van der Waals surface area contributed by atoms with Crippen LogP contribution in [0.15, 0.2) is 51.3 Å². The van der Waals surface area contributed by atoms with Crippen molar-refractivity contribution in [2.24, 2.45) is 0 Å². The molecule has 0 aliphatic rings. The van der Waals surface area contributed by atoms with Crippen LogP contribution >= 0.6 is 0 Å². The van der Waals surface area contributed by atoms with Gasteiger partial charge in [0.2, 0.25) is 0 Å². The molecule has 0 aliphatic heterocycles. The fraction of sp³-hybridized carbons (Fsp3) is 0.211. The minimum Gasteiger partial charge on any atom is -0.453 e. The maximum absolute atomic E-state index is 7.72. The van der Waals surface area contributed by atoms with Crippen LogP contribution in [0.3, 0.4) is 0 Å². The van der Waals surface area contributed by atoms with Crippen LogP contribution in [-0.4, -0.2) is 13.1 Å². The van der Waals surface area contributed by atoms with Gasteiger partial charge in [-0.15, -0.1) is 0 Å². The highest BCUT2D eigenvalue weighted by Gasteiger charge is 2.12. The zero-order valence-electron chi connectivity index (χ0n) is 13.2. The van der Waals surface area contributed by atoms with E-state index in [-0.39, 0.29) is 0 Å². The Balaban J connectivity index is 2.00. The highest BCUT2D eigenvalue weighted by Crippen LogP contribution is 2.32. The van der Waals surface area contributed by atoms with Gasteiger partial charge < -0.3 is 19.1 Å². The van der Waals surface area contributed by atoms with E-state index in [4.69, 9.17) is 14.2 Å². The molecule has 2 heterocycles. The molecule has 0 amide bonds. The van der Waals surface area contributed by atoms with E-state index in [1.54, 1.807) is 12.1 Å². The Morgan fingerprint density at radius 2 is 1.70 bits per heavy atom. The number of fused-ring (bicyclic) bond motifs is 4. The third-order valence-corrected chi connectivity index (χ3v) is 4.29. The second kappa shape index (κ2) is 5.16. The van der Waals surface area contributed by atoms with Crippen molar-refractivity contribution in [1.29, 1.82) is 5.41 Å². The molecule has 0 fully saturated rings. The average Bonchev–Trinajstić information content (AvgIpc) is 2.90. The van der Waals surface area contributed by atoms with Gasteiger partial charge in [-0.3, -0.25) is 0 Å². The first-order valence-electron chi connectivity index (χ1n) is 7.89. The molecule has 0 saturated heterocycles. The summed E-state index contributed by atoms with van der Waals surface area (Å²) in [7, 11) is 0. The lowest BCUT2D eigenvalue weighted by Gasteiger charge is -2.20. The third-order valence-electron chi connectivity index (χ3n) is 4.29. The molecular formula is C19H18N2O2. The van der Waals surface area contributed by atoms with Crippen LogP contribution < -0.4 is 10.3 Å². The van der Waals surface area contributed by atoms with Crippen molar-refractivity contribution in [2.45, 2.75) is 13.8 Å². The molecule has 4 nitrogen and oxygen atoms in total. The Labute approximate surface area is 133 Å². The van der Waals surface area contributed by atoms with E-state index in [1.165, 1.54) is 0 Å². The van der Waals surface area contributed by atoms with Crippen LogP contribution in [0.5, 0.6) is 0 Å². The van der Waals surface area contributed by atoms with Crippen molar-refractivity contribution >= 4 is 38.8 Å². The van der Waals surface area contributed by atoms with Crippen molar-refractivity contribution < 1.29 is 8.83 Å². The molecule has 0 atom stereocenters. The van der Waals surface area contributed by atoms with Gasteiger partial charge in [0, 0.05) is 36.3 Å². The topological polar surface area (TPSA) is 53.4 Å². The molecule has 1 N–H and O–H groups in total. The van der Waals surface area contributed by atoms with Crippen LogP contribution in [0, 0.1) is 5.41 Å². The minimum absolute atomic E-state index is 0.435. The maximum Gasteiger partial charge on any atom is 0.180 e. The lowest BCUT2D eigenvalue weighted by Crippen LogP contribution is -2.21. The quantitative estimate of drug-likeness (QED) is 0.599. The van der Waals surface area contributed by atoms with E-state index in [0.717, 1.165) is 40.7 Å². The number of nitrogens with zero attached hydrogens (tertiary/aromatic N) is 1. The molecule has 0 spiro atoms. The van der Waals surface area contributed by atoms with Crippen LogP contribution in [0.1, 0.15) is 13.8 Å². The van der Waals surface area contributed by atoms with Gasteiger partial charge >= 0.3 is 0 Å². The Bertz CT molecular complexity index is 1070. The van der Waals surface area contributed by atoms with Gasteiger partial charge in [0.05, 0.1) is 10.7 Å². The first-order chi connectivity index (χ1) is 11.2. The zero-order valence-corrected chi connectivity index (χ0v) is 13.2. The maximum atomic E-state index is 7.72. The van der Waals surface area contributed by atoms with Crippen molar-refractivity contribution in [3.8, 4) is 0 Å². The van der Waals surface area contributed by atoms with E-state index in [1.807, 2.05) is 12.1 Å². The number of nitrogens with one attached hydrogen (secondary N) is 1. The van der Waals surface area contributed by atoms with E-state index in [2.05, 4.69) is 36.9 Å². The monoisotopic (exact) mass is 306 g/mol. The van der Waals surface area contributed by atoms with Gasteiger partial charge in [0.25, 0.3) is 0 Å². The Morgan fingerprint density at radius 3 is 2.48 bits per heavy atom.